The van der Waals surface area contributed by atoms with Gasteiger partial charge in [0.25, 0.3) is 0 Å². The number of aliphatic hydroxyl groups is 1. The standard InChI is InChI=1S/C11H21NO2/c1-10(2,3)12-8-11(4,13)9-6-5-7-14-9/h6,12-13H,5,7-8H2,1-4H3. The topological polar surface area (TPSA) is 41.5 Å². The van der Waals surface area contributed by atoms with Crippen LogP contribution in [-0.2, 0) is 4.74 Å². The summed E-state index contributed by atoms with van der Waals surface area (Å²) in [7, 11) is 0. The molecule has 1 aliphatic heterocycles. The van der Waals surface area contributed by atoms with Crippen molar-refractivity contribution in [3.8, 4) is 0 Å². The van der Waals surface area contributed by atoms with Crippen LogP contribution in [0.1, 0.15) is 34.1 Å². The van der Waals surface area contributed by atoms with Gasteiger partial charge in [-0.1, -0.05) is 0 Å². The molecule has 1 atom stereocenters. The van der Waals surface area contributed by atoms with Gasteiger partial charge in [0.15, 0.2) is 0 Å². The number of ether oxygens (including phenoxy) is 1. The highest BCUT2D eigenvalue weighted by Crippen LogP contribution is 2.22. The van der Waals surface area contributed by atoms with E-state index in [0.29, 0.717) is 18.9 Å². The highest BCUT2D eigenvalue weighted by molar-refractivity contribution is 5.12. The Bertz CT molecular complexity index is 226. The Balaban J connectivity index is 2.49. The lowest BCUT2D eigenvalue weighted by atomic mass is 10.0. The lowest BCUT2D eigenvalue weighted by molar-refractivity contribution is 0.0303. The number of β-amino-alcohol motifs (C(OH)–C–C–N with tert-alkyl or cyclic N) is 1. The molecule has 0 saturated heterocycles. The predicted octanol–water partition coefficient (Wildman–Crippen LogP) is 1.43. The quantitative estimate of drug-likeness (QED) is 0.722. The molecule has 0 aliphatic carbocycles. The van der Waals surface area contributed by atoms with E-state index in [9.17, 15) is 5.11 Å². The molecule has 1 aliphatic rings. The second-order valence-electron chi connectivity index (χ2n) is 5.08. The summed E-state index contributed by atoms with van der Waals surface area (Å²) in [6, 6.07) is 0. The molecule has 0 fully saturated rings. The Morgan fingerprint density at radius 1 is 1.43 bits per heavy atom. The first-order chi connectivity index (χ1) is 6.31. The lowest BCUT2D eigenvalue weighted by Crippen LogP contribution is -2.47. The van der Waals surface area contributed by atoms with Gasteiger partial charge in [0.2, 0.25) is 0 Å². The Morgan fingerprint density at radius 2 is 2.07 bits per heavy atom. The molecule has 0 saturated carbocycles. The largest absolute Gasteiger partial charge is 0.495 e. The van der Waals surface area contributed by atoms with Crippen LogP contribution in [-0.4, -0.2) is 29.4 Å². The van der Waals surface area contributed by atoms with Gasteiger partial charge < -0.3 is 15.2 Å². The van der Waals surface area contributed by atoms with Gasteiger partial charge in [-0.05, 0) is 33.8 Å². The van der Waals surface area contributed by atoms with Crippen LogP contribution >= 0.6 is 0 Å². The molecule has 1 heterocycles. The summed E-state index contributed by atoms with van der Waals surface area (Å²) in [6.07, 6.45) is 2.87. The Labute approximate surface area is 86.2 Å². The first-order valence-corrected chi connectivity index (χ1v) is 5.12. The van der Waals surface area contributed by atoms with E-state index in [-0.39, 0.29) is 5.54 Å². The maximum atomic E-state index is 10.1. The molecule has 3 nitrogen and oxygen atoms in total. The molecule has 0 aromatic heterocycles. The molecule has 3 heteroatoms. The number of hydrogen-bond acceptors (Lipinski definition) is 3. The zero-order chi connectivity index (χ0) is 10.8. The van der Waals surface area contributed by atoms with E-state index < -0.39 is 5.60 Å². The van der Waals surface area contributed by atoms with Crippen molar-refractivity contribution in [1.82, 2.24) is 5.32 Å². The molecule has 1 unspecified atom stereocenters. The van der Waals surface area contributed by atoms with Crippen LogP contribution in [0.25, 0.3) is 0 Å². The van der Waals surface area contributed by atoms with E-state index >= 15 is 0 Å². The summed E-state index contributed by atoms with van der Waals surface area (Å²) in [5.41, 5.74) is -0.868. The average Bonchev–Trinajstić information content (AvgIpc) is 2.52. The molecule has 0 spiro atoms. The molecular formula is C11H21NO2. The van der Waals surface area contributed by atoms with Crippen molar-refractivity contribution in [3.05, 3.63) is 11.8 Å². The van der Waals surface area contributed by atoms with E-state index in [1.165, 1.54) is 0 Å². The average molecular weight is 199 g/mol. The van der Waals surface area contributed by atoms with Gasteiger partial charge in [0.1, 0.15) is 11.4 Å². The normalized spacial score (nSPS) is 21.4. The van der Waals surface area contributed by atoms with Crippen molar-refractivity contribution in [2.24, 2.45) is 0 Å². The van der Waals surface area contributed by atoms with E-state index in [4.69, 9.17) is 4.74 Å². The number of nitrogens with one attached hydrogen (secondary N) is 1. The minimum absolute atomic E-state index is 0.0170. The summed E-state index contributed by atoms with van der Waals surface area (Å²) in [5, 5.41) is 13.4. The zero-order valence-corrected chi connectivity index (χ0v) is 9.55. The highest BCUT2D eigenvalue weighted by atomic mass is 16.5. The maximum absolute atomic E-state index is 10.1. The first-order valence-electron chi connectivity index (χ1n) is 5.12. The van der Waals surface area contributed by atoms with Crippen LogP contribution in [0.15, 0.2) is 11.8 Å². The van der Waals surface area contributed by atoms with Crippen molar-refractivity contribution in [3.63, 3.8) is 0 Å². The van der Waals surface area contributed by atoms with E-state index in [2.05, 4.69) is 26.1 Å². The third kappa shape index (κ3) is 3.31. The molecule has 0 aromatic carbocycles. The van der Waals surface area contributed by atoms with Gasteiger partial charge in [-0.2, -0.15) is 0 Å². The fraction of sp³-hybridized carbons (Fsp3) is 0.818. The van der Waals surface area contributed by atoms with Crippen LogP contribution in [0.2, 0.25) is 0 Å². The van der Waals surface area contributed by atoms with E-state index in [1.807, 2.05) is 6.08 Å². The van der Waals surface area contributed by atoms with Crippen LogP contribution < -0.4 is 5.32 Å². The lowest BCUT2D eigenvalue weighted by Gasteiger charge is -2.29. The Morgan fingerprint density at radius 3 is 2.50 bits per heavy atom. The van der Waals surface area contributed by atoms with Crippen molar-refractivity contribution < 1.29 is 9.84 Å². The third-order valence-corrected chi connectivity index (χ3v) is 2.20. The minimum atomic E-state index is -0.885. The van der Waals surface area contributed by atoms with Crippen LogP contribution in [0.5, 0.6) is 0 Å². The van der Waals surface area contributed by atoms with Crippen molar-refractivity contribution >= 4 is 0 Å². The Kier molecular flexibility index (Phi) is 3.22. The first kappa shape index (κ1) is 11.5. The molecule has 0 bridgehead atoms. The number of rotatable bonds is 3. The fourth-order valence-electron chi connectivity index (χ4n) is 1.32. The molecular weight excluding hydrogens is 178 g/mol. The summed E-state index contributed by atoms with van der Waals surface area (Å²) in [4.78, 5) is 0. The summed E-state index contributed by atoms with van der Waals surface area (Å²) in [6.45, 7) is 9.22. The van der Waals surface area contributed by atoms with Crippen LogP contribution in [0.4, 0.5) is 0 Å². The van der Waals surface area contributed by atoms with Crippen molar-refractivity contribution in [1.29, 1.82) is 0 Å². The Hall–Kier alpha value is -0.540. The van der Waals surface area contributed by atoms with Crippen molar-refractivity contribution in [2.75, 3.05) is 13.2 Å². The molecule has 1 rings (SSSR count). The van der Waals surface area contributed by atoms with Gasteiger partial charge in [-0.15, -0.1) is 0 Å². The third-order valence-electron chi connectivity index (χ3n) is 2.20. The van der Waals surface area contributed by atoms with Gasteiger partial charge in [-0.3, -0.25) is 0 Å². The van der Waals surface area contributed by atoms with E-state index in [0.717, 1.165) is 6.42 Å². The molecule has 0 radical (unpaired) electrons. The molecule has 82 valence electrons. The fourth-order valence-corrected chi connectivity index (χ4v) is 1.32. The summed E-state index contributed by atoms with van der Waals surface area (Å²) < 4.78 is 5.35. The van der Waals surface area contributed by atoms with E-state index in [1.54, 1.807) is 6.92 Å². The zero-order valence-electron chi connectivity index (χ0n) is 9.55. The molecule has 0 amide bonds. The summed E-state index contributed by atoms with van der Waals surface area (Å²) >= 11 is 0. The van der Waals surface area contributed by atoms with Gasteiger partial charge in [0.05, 0.1) is 6.61 Å². The van der Waals surface area contributed by atoms with Crippen LogP contribution in [0.3, 0.4) is 0 Å². The SMILES string of the molecule is CC(C)(C)NCC(C)(O)C1=CCCO1. The molecule has 0 aromatic rings. The summed E-state index contributed by atoms with van der Waals surface area (Å²) in [5.74, 6) is 0.703. The van der Waals surface area contributed by atoms with Gasteiger partial charge in [0, 0.05) is 18.5 Å². The number of hydrogen-bond donors (Lipinski definition) is 2. The smallest absolute Gasteiger partial charge is 0.131 e. The minimum Gasteiger partial charge on any atom is -0.495 e. The van der Waals surface area contributed by atoms with Gasteiger partial charge >= 0.3 is 0 Å². The maximum Gasteiger partial charge on any atom is 0.131 e. The monoisotopic (exact) mass is 199 g/mol. The predicted molar refractivity (Wildman–Crippen MR) is 57.0 cm³/mol. The molecule has 2 N–H and O–H groups in total. The second kappa shape index (κ2) is 3.91. The van der Waals surface area contributed by atoms with Crippen molar-refractivity contribution in [2.45, 2.75) is 45.3 Å². The second-order valence-corrected chi connectivity index (χ2v) is 5.08. The van der Waals surface area contributed by atoms with Gasteiger partial charge in [-0.25, -0.2) is 0 Å². The highest BCUT2D eigenvalue weighted by Gasteiger charge is 2.30. The van der Waals surface area contributed by atoms with Crippen LogP contribution in [0, 0.1) is 0 Å². The molecule has 14 heavy (non-hydrogen) atoms.